The van der Waals surface area contributed by atoms with Gasteiger partial charge in [-0.05, 0) is 31.7 Å². The number of aromatic nitrogens is 1. The van der Waals surface area contributed by atoms with Gasteiger partial charge in [-0.1, -0.05) is 0 Å². The lowest BCUT2D eigenvalue weighted by molar-refractivity contribution is 0.0753. The Kier molecular flexibility index (Phi) is 3.35. The maximum atomic E-state index is 12.6. The summed E-state index contributed by atoms with van der Waals surface area (Å²) in [5, 5.41) is 9.92. The van der Waals surface area contributed by atoms with Gasteiger partial charge in [0.15, 0.2) is 0 Å². The van der Waals surface area contributed by atoms with Gasteiger partial charge in [-0.25, -0.2) is 0 Å². The Morgan fingerprint density at radius 1 is 1.50 bits per heavy atom. The molecule has 0 bridgehead atoms. The molecule has 1 amide bonds. The minimum atomic E-state index is -0.263. The van der Waals surface area contributed by atoms with Crippen LogP contribution >= 0.6 is 0 Å². The second kappa shape index (κ2) is 5.03. The monoisotopic (exact) mass is 276 g/mol. The zero-order chi connectivity index (χ0) is 14.3. The molecule has 1 aliphatic heterocycles. The van der Waals surface area contributed by atoms with Gasteiger partial charge in [0.1, 0.15) is 0 Å². The second-order valence-electron chi connectivity index (χ2n) is 5.79. The quantitative estimate of drug-likeness (QED) is 0.541. The van der Waals surface area contributed by atoms with E-state index in [0.29, 0.717) is 23.7 Å². The van der Waals surface area contributed by atoms with Crippen LogP contribution in [-0.4, -0.2) is 40.1 Å². The number of fused-ring (bicyclic) bond motifs is 1. The number of hydrogen-bond acceptors (Lipinski definition) is 5. The van der Waals surface area contributed by atoms with Gasteiger partial charge in [-0.3, -0.25) is 15.6 Å². The van der Waals surface area contributed by atoms with Crippen LogP contribution in [0.1, 0.15) is 28.9 Å². The molecule has 1 aliphatic carbocycles. The van der Waals surface area contributed by atoms with E-state index in [1.54, 1.807) is 12.3 Å². The lowest BCUT2D eigenvalue weighted by Gasteiger charge is -2.20. The molecule has 2 aliphatic rings. The molecular weight excluding hydrogens is 256 g/mol. The van der Waals surface area contributed by atoms with E-state index in [-0.39, 0.29) is 17.9 Å². The van der Waals surface area contributed by atoms with Gasteiger partial charge >= 0.3 is 0 Å². The van der Waals surface area contributed by atoms with Crippen molar-refractivity contribution in [2.75, 3.05) is 18.5 Å². The largest absolute Gasteiger partial charge is 0.393 e. The summed E-state index contributed by atoms with van der Waals surface area (Å²) in [6.45, 7) is 3.20. The van der Waals surface area contributed by atoms with Crippen LogP contribution in [-0.2, 0) is 0 Å². The maximum Gasteiger partial charge on any atom is 0.257 e. The minimum Gasteiger partial charge on any atom is -0.393 e. The van der Waals surface area contributed by atoms with Gasteiger partial charge in [0.05, 0.1) is 17.4 Å². The van der Waals surface area contributed by atoms with Crippen LogP contribution in [0, 0.1) is 18.8 Å². The van der Waals surface area contributed by atoms with E-state index in [2.05, 4.69) is 10.4 Å². The number of hydrazine groups is 1. The number of nitrogens with zero attached hydrogens (tertiary/aromatic N) is 2. The van der Waals surface area contributed by atoms with Gasteiger partial charge in [0.25, 0.3) is 5.91 Å². The van der Waals surface area contributed by atoms with Crippen molar-refractivity contribution < 1.29 is 9.90 Å². The molecule has 0 aromatic carbocycles. The fraction of sp³-hybridized carbons (Fsp3) is 0.571. The van der Waals surface area contributed by atoms with Crippen molar-refractivity contribution in [3.05, 3.63) is 23.5 Å². The molecule has 2 fully saturated rings. The van der Waals surface area contributed by atoms with Crippen molar-refractivity contribution in [2.24, 2.45) is 17.7 Å². The van der Waals surface area contributed by atoms with Gasteiger partial charge in [-0.15, -0.1) is 0 Å². The molecule has 1 aromatic rings. The Labute approximate surface area is 117 Å². The summed E-state index contributed by atoms with van der Waals surface area (Å²) in [5.74, 6) is 6.08. The maximum absolute atomic E-state index is 12.6. The number of nitrogen functional groups attached to an aromatic ring is 1. The molecule has 108 valence electrons. The molecule has 3 unspecified atom stereocenters. The van der Waals surface area contributed by atoms with E-state index in [1.807, 2.05) is 11.8 Å². The summed E-state index contributed by atoms with van der Waals surface area (Å²) in [5.41, 5.74) is 4.46. The Morgan fingerprint density at radius 2 is 2.30 bits per heavy atom. The molecule has 1 aromatic heterocycles. The van der Waals surface area contributed by atoms with Crippen LogP contribution in [0.3, 0.4) is 0 Å². The molecule has 1 saturated carbocycles. The van der Waals surface area contributed by atoms with Crippen molar-refractivity contribution in [2.45, 2.75) is 25.9 Å². The Bertz CT molecular complexity index is 534. The average molecular weight is 276 g/mol. The third-order valence-electron chi connectivity index (χ3n) is 4.53. The van der Waals surface area contributed by atoms with E-state index in [9.17, 15) is 9.90 Å². The van der Waals surface area contributed by atoms with E-state index in [1.165, 1.54) is 0 Å². The molecule has 6 nitrogen and oxygen atoms in total. The SMILES string of the molecule is Cc1cc(NN)c(C(=O)N2CC3CCC(O)C3C2)cn1. The topological polar surface area (TPSA) is 91.5 Å². The van der Waals surface area contributed by atoms with Crippen LogP contribution in [0.4, 0.5) is 5.69 Å². The summed E-state index contributed by atoms with van der Waals surface area (Å²) in [6, 6.07) is 1.76. The third-order valence-corrected chi connectivity index (χ3v) is 4.53. The Hall–Kier alpha value is -1.66. The number of hydrogen-bond donors (Lipinski definition) is 3. The number of nitrogens with two attached hydrogens (primary N) is 1. The number of anilines is 1. The first kappa shape index (κ1) is 13.3. The number of amides is 1. The zero-order valence-electron chi connectivity index (χ0n) is 11.5. The number of pyridine rings is 1. The number of carbonyl (C=O) groups is 1. The van der Waals surface area contributed by atoms with Gasteiger partial charge in [0.2, 0.25) is 0 Å². The number of carbonyl (C=O) groups excluding carboxylic acids is 1. The van der Waals surface area contributed by atoms with Crippen LogP contribution in [0.15, 0.2) is 12.3 Å². The van der Waals surface area contributed by atoms with Crippen LogP contribution in [0.25, 0.3) is 0 Å². The summed E-state index contributed by atoms with van der Waals surface area (Å²) >= 11 is 0. The number of aryl methyl sites for hydroxylation is 1. The first-order valence-corrected chi connectivity index (χ1v) is 7.00. The number of nitrogens with one attached hydrogen (secondary N) is 1. The smallest absolute Gasteiger partial charge is 0.257 e. The number of rotatable bonds is 2. The Balaban J connectivity index is 1.80. The molecule has 3 rings (SSSR count). The molecule has 20 heavy (non-hydrogen) atoms. The number of aliphatic hydroxyl groups excluding tert-OH is 1. The lowest BCUT2D eigenvalue weighted by atomic mass is 10.00. The molecule has 0 radical (unpaired) electrons. The average Bonchev–Trinajstić information content (AvgIpc) is 3.00. The highest BCUT2D eigenvalue weighted by Gasteiger charge is 2.43. The van der Waals surface area contributed by atoms with E-state index >= 15 is 0 Å². The van der Waals surface area contributed by atoms with Crippen molar-refractivity contribution in [3.63, 3.8) is 0 Å². The highest BCUT2D eigenvalue weighted by atomic mass is 16.3. The van der Waals surface area contributed by atoms with Crippen LogP contribution in [0.5, 0.6) is 0 Å². The van der Waals surface area contributed by atoms with Gasteiger partial charge in [0, 0.05) is 30.9 Å². The standard InChI is InChI=1S/C14H20N4O2/c1-8-4-12(17-15)10(5-16-8)14(20)18-6-9-2-3-13(19)11(9)7-18/h4-5,9,11,13,19H,2-3,6-7,15H2,1H3,(H,16,17). The molecule has 6 heteroatoms. The van der Waals surface area contributed by atoms with E-state index in [0.717, 1.165) is 25.1 Å². The summed E-state index contributed by atoms with van der Waals surface area (Å²) in [7, 11) is 0. The first-order valence-electron chi connectivity index (χ1n) is 7.00. The summed E-state index contributed by atoms with van der Waals surface area (Å²) in [4.78, 5) is 18.6. The van der Waals surface area contributed by atoms with Crippen LogP contribution in [0.2, 0.25) is 0 Å². The summed E-state index contributed by atoms with van der Waals surface area (Å²) < 4.78 is 0. The van der Waals surface area contributed by atoms with Crippen molar-refractivity contribution in [1.82, 2.24) is 9.88 Å². The lowest BCUT2D eigenvalue weighted by Crippen LogP contribution is -2.32. The summed E-state index contributed by atoms with van der Waals surface area (Å²) in [6.07, 6.45) is 3.17. The number of likely N-dealkylation sites (tertiary alicyclic amines) is 1. The highest BCUT2D eigenvalue weighted by molar-refractivity contribution is 5.99. The highest BCUT2D eigenvalue weighted by Crippen LogP contribution is 2.38. The predicted octanol–water partition coefficient (Wildman–Crippen LogP) is 0.519. The van der Waals surface area contributed by atoms with Gasteiger partial charge in [-0.2, -0.15) is 0 Å². The van der Waals surface area contributed by atoms with E-state index < -0.39 is 0 Å². The molecule has 4 N–H and O–H groups in total. The fourth-order valence-corrected chi connectivity index (χ4v) is 3.42. The molecule has 1 saturated heterocycles. The molecule has 3 atom stereocenters. The predicted molar refractivity (Wildman–Crippen MR) is 74.9 cm³/mol. The molecule has 0 spiro atoms. The van der Waals surface area contributed by atoms with E-state index in [4.69, 9.17) is 5.84 Å². The fourth-order valence-electron chi connectivity index (χ4n) is 3.42. The van der Waals surface area contributed by atoms with Gasteiger partial charge < -0.3 is 15.4 Å². The normalized spacial score (nSPS) is 28.6. The van der Waals surface area contributed by atoms with Crippen molar-refractivity contribution in [3.8, 4) is 0 Å². The second-order valence-corrected chi connectivity index (χ2v) is 5.79. The molecule has 2 heterocycles. The van der Waals surface area contributed by atoms with Crippen molar-refractivity contribution >= 4 is 11.6 Å². The molecular formula is C14H20N4O2. The third kappa shape index (κ3) is 2.14. The zero-order valence-corrected chi connectivity index (χ0v) is 11.5. The minimum absolute atomic E-state index is 0.0629. The van der Waals surface area contributed by atoms with Crippen LogP contribution < -0.4 is 11.3 Å². The number of aliphatic hydroxyl groups is 1. The Morgan fingerprint density at radius 3 is 3.00 bits per heavy atom. The van der Waals surface area contributed by atoms with Crippen molar-refractivity contribution in [1.29, 1.82) is 0 Å². The first-order chi connectivity index (χ1) is 9.60.